The molecule has 3 nitrogen and oxygen atoms in total. The highest BCUT2D eigenvalue weighted by Crippen LogP contribution is 2.64. The van der Waals surface area contributed by atoms with E-state index in [1.807, 2.05) is 6.08 Å². The predicted octanol–water partition coefficient (Wildman–Crippen LogP) is 5.59. The monoisotopic (exact) mass is 434 g/mol. The van der Waals surface area contributed by atoms with Crippen molar-refractivity contribution >= 4 is 40.6 Å². The average molecular weight is 436 g/mol. The van der Waals surface area contributed by atoms with E-state index in [0.717, 1.165) is 38.5 Å². The van der Waals surface area contributed by atoms with Gasteiger partial charge in [0.1, 0.15) is 0 Å². The fraction of sp³-hybridized carbons (Fsp3) is 0.857. The van der Waals surface area contributed by atoms with Gasteiger partial charge in [0.2, 0.25) is 10.1 Å². The molecule has 0 aromatic rings. The second-order valence-corrected chi connectivity index (χ2v) is 11.4. The minimum atomic E-state index is -1.82. The van der Waals surface area contributed by atoms with Gasteiger partial charge in [0.25, 0.3) is 0 Å². The van der Waals surface area contributed by atoms with Crippen molar-refractivity contribution in [3.8, 4) is 0 Å². The van der Waals surface area contributed by atoms with E-state index in [-0.39, 0.29) is 11.5 Å². The van der Waals surface area contributed by atoms with Gasteiger partial charge in [0, 0.05) is 6.42 Å². The first kappa shape index (κ1) is 20.5. The van der Waals surface area contributed by atoms with Crippen molar-refractivity contribution in [2.75, 3.05) is 0 Å². The summed E-state index contributed by atoms with van der Waals surface area (Å²) in [4.78, 5) is 11.8. The number of hydrogen-bond donors (Lipinski definition) is 1. The summed E-state index contributed by atoms with van der Waals surface area (Å²) in [5.41, 5.74) is 1.48. The molecule has 0 radical (unpaired) electrons. The second-order valence-electron chi connectivity index (χ2n) is 9.03. The highest BCUT2D eigenvalue weighted by Gasteiger charge is 2.58. The first-order chi connectivity index (χ1) is 12.8. The maximum absolute atomic E-state index is 11.8. The molecule has 3 saturated carbocycles. The van der Waals surface area contributed by atoms with Crippen LogP contribution in [0.25, 0.3) is 0 Å². The molecule has 0 bridgehead atoms. The minimum Gasteiger partial charge on any atom is -0.365 e. The van der Waals surface area contributed by atoms with Crippen molar-refractivity contribution in [1.29, 1.82) is 0 Å². The molecule has 1 N–H and O–H groups in total. The number of fused-ring (bicyclic) bond motifs is 5. The van der Waals surface area contributed by atoms with Gasteiger partial charge in [0.05, 0.1) is 6.10 Å². The number of carbonyl (C=O) groups excluding carboxylic acids is 1. The fourth-order valence-corrected chi connectivity index (χ4v) is 7.20. The fourth-order valence-electron chi connectivity index (χ4n) is 7.05. The van der Waals surface area contributed by atoms with E-state index in [0.29, 0.717) is 35.9 Å². The van der Waals surface area contributed by atoms with Gasteiger partial charge in [-0.15, -0.1) is 0 Å². The zero-order valence-corrected chi connectivity index (χ0v) is 18.1. The Kier molecular flexibility index (Phi) is 5.66. The lowest BCUT2D eigenvalue weighted by Gasteiger charge is -2.55. The van der Waals surface area contributed by atoms with Crippen LogP contribution in [0.3, 0.4) is 0 Å². The normalized spacial score (nSPS) is 42.8. The molecule has 4 aliphatic rings. The number of halogens is 3. The van der Waals surface area contributed by atoms with Gasteiger partial charge in [0.15, 0.2) is 5.78 Å². The summed E-state index contributed by atoms with van der Waals surface area (Å²) in [5, 5.41) is 10.2. The zero-order chi connectivity index (χ0) is 19.4. The van der Waals surface area contributed by atoms with Gasteiger partial charge in [-0.2, -0.15) is 0 Å². The molecule has 0 amide bonds. The van der Waals surface area contributed by atoms with Gasteiger partial charge in [-0.25, -0.2) is 0 Å². The lowest BCUT2D eigenvalue weighted by Crippen LogP contribution is -2.50. The van der Waals surface area contributed by atoms with Gasteiger partial charge >= 0.3 is 0 Å². The van der Waals surface area contributed by atoms with Crippen molar-refractivity contribution in [2.45, 2.75) is 80.9 Å². The molecule has 0 aromatic carbocycles. The van der Waals surface area contributed by atoms with Crippen LogP contribution in [0.15, 0.2) is 11.6 Å². The molecule has 152 valence electrons. The SMILES string of the molecule is CC[C@]12CC[C@H]3[C@@H](CCC4=CC(=O)CC[C@@H]43)[C@@H]1CC[C@@H]2OC(O)C(Cl)(Cl)Cl. The molecule has 0 spiro atoms. The molecule has 4 rings (SSSR count). The molecule has 0 aliphatic heterocycles. The molecular weight excluding hydrogens is 407 g/mol. The van der Waals surface area contributed by atoms with E-state index in [1.54, 1.807) is 0 Å². The number of aliphatic hydroxyl groups excluding tert-OH is 1. The number of ether oxygens (including phenoxy) is 1. The molecule has 3 fully saturated rings. The third-order valence-electron chi connectivity index (χ3n) is 8.17. The summed E-state index contributed by atoms with van der Waals surface area (Å²) in [6, 6.07) is 0. The number of carbonyl (C=O) groups is 1. The van der Waals surface area contributed by atoms with Gasteiger partial charge in [-0.1, -0.05) is 47.3 Å². The standard InChI is InChI=1S/C21H29Cl3O3/c1-2-20-10-9-15-14-6-4-13(25)11-12(14)3-5-16(15)17(20)7-8-18(20)27-19(26)21(22,23)24/h11,14-19,26H,2-10H2,1H3/t14-,15+,16+,17-,18-,19?,20-/m0/s1. The maximum Gasteiger partial charge on any atom is 0.240 e. The first-order valence-electron chi connectivity index (χ1n) is 10.4. The summed E-state index contributed by atoms with van der Waals surface area (Å²) >= 11 is 17.5. The van der Waals surface area contributed by atoms with Crippen molar-refractivity contribution in [3.05, 3.63) is 11.6 Å². The van der Waals surface area contributed by atoms with Crippen LogP contribution in [-0.2, 0) is 9.53 Å². The Morgan fingerprint density at radius 3 is 2.67 bits per heavy atom. The van der Waals surface area contributed by atoms with Crippen molar-refractivity contribution in [3.63, 3.8) is 0 Å². The van der Waals surface area contributed by atoms with Crippen molar-refractivity contribution in [2.24, 2.45) is 29.1 Å². The number of allylic oxidation sites excluding steroid dienone is 1. The molecule has 0 saturated heterocycles. The molecule has 0 aromatic heterocycles. The van der Waals surface area contributed by atoms with E-state index < -0.39 is 10.1 Å². The highest BCUT2D eigenvalue weighted by atomic mass is 35.6. The predicted molar refractivity (Wildman–Crippen MR) is 108 cm³/mol. The number of alkyl halides is 3. The first-order valence-corrected chi connectivity index (χ1v) is 11.5. The number of ketones is 1. The molecule has 6 heteroatoms. The zero-order valence-electron chi connectivity index (χ0n) is 15.8. The summed E-state index contributed by atoms with van der Waals surface area (Å²) in [5.74, 6) is 2.90. The summed E-state index contributed by atoms with van der Waals surface area (Å²) in [7, 11) is 0. The number of rotatable bonds is 3. The Bertz CT molecular complexity index is 629. The van der Waals surface area contributed by atoms with E-state index >= 15 is 0 Å². The van der Waals surface area contributed by atoms with E-state index in [9.17, 15) is 9.90 Å². The highest BCUT2D eigenvalue weighted by molar-refractivity contribution is 6.67. The lowest BCUT2D eigenvalue weighted by atomic mass is 9.51. The Morgan fingerprint density at radius 2 is 1.96 bits per heavy atom. The quantitative estimate of drug-likeness (QED) is 0.464. The van der Waals surface area contributed by atoms with Crippen LogP contribution in [-0.4, -0.2) is 27.1 Å². The number of aliphatic hydroxyl groups is 1. The number of hydrogen-bond acceptors (Lipinski definition) is 3. The molecule has 7 atom stereocenters. The van der Waals surface area contributed by atoms with Crippen LogP contribution in [0.1, 0.15) is 64.7 Å². The van der Waals surface area contributed by atoms with Crippen LogP contribution >= 0.6 is 34.8 Å². The van der Waals surface area contributed by atoms with Crippen LogP contribution < -0.4 is 0 Å². The summed E-state index contributed by atoms with van der Waals surface area (Å²) < 4.78 is 4.13. The molecule has 4 aliphatic carbocycles. The second kappa shape index (κ2) is 7.47. The van der Waals surface area contributed by atoms with Crippen molar-refractivity contribution in [1.82, 2.24) is 0 Å². The molecule has 0 heterocycles. The largest absolute Gasteiger partial charge is 0.365 e. The Hall–Kier alpha value is 0.200. The third kappa shape index (κ3) is 3.50. The Balaban J connectivity index is 1.55. The average Bonchev–Trinajstić information content (AvgIpc) is 2.99. The minimum absolute atomic E-state index is 0.0519. The van der Waals surface area contributed by atoms with Crippen LogP contribution in [0.5, 0.6) is 0 Å². The maximum atomic E-state index is 11.8. The van der Waals surface area contributed by atoms with E-state index in [2.05, 4.69) is 6.92 Å². The van der Waals surface area contributed by atoms with E-state index in [4.69, 9.17) is 39.5 Å². The van der Waals surface area contributed by atoms with Crippen molar-refractivity contribution < 1.29 is 14.6 Å². The van der Waals surface area contributed by atoms with Crippen LogP contribution in [0, 0.1) is 29.1 Å². The van der Waals surface area contributed by atoms with Gasteiger partial charge in [-0.3, -0.25) is 4.79 Å². The van der Waals surface area contributed by atoms with Crippen LogP contribution in [0.2, 0.25) is 0 Å². The van der Waals surface area contributed by atoms with Gasteiger partial charge < -0.3 is 9.84 Å². The topological polar surface area (TPSA) is 46.5 Å². The molecule has 1 unspecified atom stereocenters. The lowest BCUT2D eigenvalue weighted by molar-refractivity contribution is -0.180. The third-order valence-corrected chi connectivity index (χ3v) is 8.73. The van der Waals surface area contributed by atoms with E-state index in [1.165, 1.54) is 18.4 Å². The van der Waals surface area contributed by atoms with Crippen LogP contribution in [0.4, 0.5) is 0 Å². The molecule has 27 heavy (non-hydrogen) atoms. The summed E-state index contributed by atoms with van der Waals surface area (Å²) in [6.07, 6.45) is 9.84. The summed E-state index contributed by atoms with van der Waals surface area (Å²) in [6.45, 7) is 2.24. The molecular formula is C21H29Cl3O3. The Labute approximate surface area is 176 Å². The Morgan fingerprint density at radius 1 is 1.19 bits per heavy atom. The smallest absolute Gasteiger partial charge is 0.240 e. The van der Waals surface area contributed by atoms with Gasteiger partial charge in [-0.05, 0) is 86.5 Å².